The van der Waals surface area contributed by atoms with Crippen LogP contribution in [0.2, 0.25) is 0 Å². The average molecular weight is 268 g/mol. The second-order valence-electron chi connectivity index (χ2n) is 6.82. The molecule has 0 saturated carbocycles. The van der Waals surface area contributed by atoms with E-state index in [1.54, 1.807) is 5.57 Å². The fraction of sp³-hybridized carbons (Fsp3) is 0.500. The molecule has 0 N–H and O–H groups in total. The number of hydrogen-bond donors (Lipinski definition) is 0. The molecule has 0 aromatic heterocycles. The molecule has 0 amide bonds. The lowest BCUT2D eigenvalue weighted by Crippen LogP contribution is -2.07. The minimum absolute atomic E-state index is 0.184. The standard InChI is InChI=1S/C20H28/c1-5-18(19-10-8-16(2)9-11-19)15-17-7-6-13-20(3,4)14-12-17/h6-8,10,12-14,18H,5,9,11,15H2,1-4H3. The SMILES string of the molecule is CCC(CC1=CC=CC(C)(C)C=C1)C1=CC=C(C)CC1. The van der Waals surface area contributed by atoms with Crippen LogP contribution < -0.4 is 0 Å². The van der Waals surface area contributed by atoms with Crippen LogP contribution in [0.25, 0.3) is 0 Å². The fourth-order valence-corrected chi connectivity index (χ4v) is 2.91. The normalized spacial score (nSPS) is 22.7. The molecule has 1 atom stereocenters. The second-order valence-corrected chi connectivity index (χ2v) is 6.82. The minimum atomic E-state index is 0.184. The van der Waals surface area contributed by atoms with Crippen LogP contribution in [0.5, 0.6) is 0 Å². The summed E-state index contributed by atoms with van der Waals surface area (Å²) in [5.41, 5.74) is 4.80. The summed E-state index contributed by atoms with van der Waals surface area (Å²) in [6, 6.07) is 0. The lowest BCUT2D eigenvalue weighted by molar-refractivity contribution is 0.562. The zero-order chi connectivity index (χ0) is 14.6. The predicted octanol–water partition coefficient (Wildman–Crippen LogP) is 6.15. The van der Waals surface area contributed by atoms with E-state index in [4.69, 9.17) is 0 Å². The Morgan fingerprint density at radius 3 is 2.55 bits per heavy atom. The molecule has 0 fully saturated rings. The molecule has 0 bridgehead atoms. The summed E-state index contributed by atoms with van der Waals surface area (Å²) < 4.78 is 0. The Morgan fingerprint density at radius 1 is 1.10 bits per heavy atom. The predicted molar refractivity (Wildman–Crippen MR) is 89.6 cm³/mol. The van der Waals surface area contributed by atoms with Crippen LogP contribution in [0.15, 0.2) is 59.3 Å². The van der Waals surface area contributed by atoms with Gasteiger partial charge in [-0.25, -0.2) is 0 Å². The molecule has 2 aliphatic rings. The van der Waals surface area contributed by atoms with E-state index in [-0.39, 0.29) is 5.41 Å². The van der Waals surface area contributed by atoms with Crippen LogP contribution in [0.3, 0.4) is 0 Å². The van der Waals surface area contributed by atoms with Crippen LogP contribution in [0.4, 0.5) is 0 Å². The van der Waals surface area contributed by atoms with Crippen LogP contribution in [0, 0.1) is 11.3 Å². The lowest BCUT2D eigenvalue weighted by atomic mass is 9.83. The van der Waals surface area contributed by atoms with Crippen molar-refractivity contribution in [1.82, 2.24) is 0 Å². The van der Waals surface area contributed by atoms with Crippen LogP contribution in [-0.4, -0.2) is 0 Å². The van der Waals surface area contributed by atoms with E-state index in [9.17, 15) is 0 Å². The second kappa shape index (κ2) is 6.43. The number of allylic oxidation sites excluding steroid dienone is 10. The van der Waals surface area contributed by atoms with Gasteiger partial charge in [-0.15, -0.1) is 0 Å². The van der Waals surface area contributed by atoms with Crippen LogP contribution in [0.1, 0.15) is 53.4 Å². The topological polar surface area (TPSA) is 0 Å². The maximum Gasteiger partial charge on any atom is 0.00107 e. The van der Waals surface area contributed by atoms with Gasteiger partial charge in [-0.3, -0.25) is 0 Å². The third kappa shape index (κ3) is 4.10. The molecule has 108 valence electrons. The van der Waals surface area contributed by atoms with E-state index >= 15 is 0 Å². The minimum Gasteiger partial charge on any atom is -0.0751 e. The van der Waals surface area contributed by atoms with Gasteiger partial charge in [0.15, 0.2) is 0 Å². The van der Waals surface area contributed by atoms with E-state index in [2.05, 4.69) is 70.2 Å². The molecule has 0 saturated heterocycles. The molecular weight excluding hydrogens is 240 g/mol. The maximum atomic E-state index is 2.37. The molecule has 0 radical (unpaired) electrons. The molecule has 0 nitrogen and oxygen atoms in total. The Kier molecular flexibility index (Phi) is 4.86. The van der Waals surface area contributed by atoms with Crippen LogP contribution >= 0.6 is 0 Å². The first-order chi connectivity index (χ1) is 9.50. The van der Waals surface area contributed by atoms with Crippen LogP contribution in [-0.2, 0) is 0 Å². The van der Waals surface area contributed by atoms with Gasteiger partial charge in [0.25, 0.3) is 0 Å². The number of rotatable bonds is 4. The maximum absolute atomic E-state index is 2.37. The van der Waals surface area contributed by atoms with E-state index < -0.39 is 0 Å². The van der Waals surface area contributed by atoms with E-state index in [1.165, 1.54) is 36.8 Å². The van der Waals surface area contributed by atoms with Crippen molar-refractivity contribution >= 4 is 0 Å². The van der Waals surface area contributed by atoms with Gasteiger partial charge in [0.1, 0.15) is 0 Å². The third-order valence-corrected chi connectivity index (χ3v) is 4.45. The number of hydrogen-bond acceptors (Lipinski definition) is 0. The summed E-state index contributed by atoms with van der Waals surface area (Å²) in [4.78, 5) is 0. The highest BCUT2D eigenvalue weighted by atomic mass is 14.2. The Balaban J connectivity index is 2.08. The van der Waals surface area contributed by atoms with E-state index in [0.29, 0.717) is 5.92 Å². The smallest absolute Gasteiger partial charge is 0.00107 e. The molecule has 0 aliphatic heterocycles. The van der Waals surface area contributed by atoms with Gasteiger partial charge < -0.3 is 0 Å². The van der Waals surface area contributed by atoms with Gasteiger partial charge in [-0.1, -0.05) is 74.4 Å². The zero-order valence-corrected chi connectivity index (χ0v) is 13.4. The fourth-order valence-electron chi connectivity index (χ4n) is 2.91. The summed E-state index contributed by atoms with van der Waals surface area (Å²) in [7, 11) is 0. The Labute approximate surface area is 124 Å². The van der Waals surface area contributed by atoms with E-state index in [1.807, 2.05) is 0 Å². The summed E-state index contributed by atoms with van der Waals surface area (Å²) in [5.74, 6) is 0.699. The van der Waals surface area contributed by atoms with Gasteiger partial charge in [0.05, 0.1) is 0 Å². The highest BCUT2D eigenvalue weighted by Gasteiger charge is 2.17. The van der Waals surface area contributed by atoms with Crippen molar-refractivity contribution in [2.75, 3.05) is 0 Å². The Morgan fingerprint density at radius 2 is 1.90 bits per heavy atom. The average Bonchev–Trinajstić information content (AvgIpc) is 2.58. The first-order valence-electron chi connectivity index (χ1n) is 7.94. The largest absolute Gasteiger partial charge is 0.0751 e. The molecule has 0 heteroatoms. The molecule has 0 heterocycles. The monoisotopic (exact) mass is 268 g/mol. The Bertz CT molecular complexity index is 492. The lowest BCUT2D eigenvalue weighted by Gasteiger charge is -2.22. The molecular formula is C20H28. The summed E-state index contributed by atoms with van der Waals surface area (Å²) >= 11 is 0. The first kappa shape index (κ1) is 15.1. The molecule has 0 spiro atoms. The van der Waals surface area contributed by atoms with Crippen molar-refractivity contribution in [3.63, 3.8) is 0 Å². The summed E-state index contributed by atoms with van der Waals surface area (Å²) in [6.45, 7) is 9.06. The van der Waals surface area contributed by atoms with Crippen molar-refractivity contribution < 1.29 is 0 Å². The van der Waals surface area contributed by atoms with Crippen molar-refractivity contribution in [3.05, 3.63) is 59.3 Å². The zero-order valence-electron chi connectivity index (χ0n) is 13.4. The van der Waals surface area contributed by atoms with Gasteiger partial charge >= 0.3 is 0 Å². The van der Waals surface area contributed by atoms with Gasteiger partial charge in [-0.05, 0) is 44.1 Å². The third-order valence-electron chi connectivity index (χ3n) is 4.45. The van der Waals surface area contributed by atoms with Gasteiger partial charge in [-0.2, -0.15) is 0 Å². The van der Waals surface area contributed by atoms with Crippen molar-refractivity contribution in [2.24, 2.45) is 11.3 Å². The molecule has 2 rings (SSSR count). The molecule has 0 aromatic rings. The highest BCUT2D eigenvalue weighted by Crippen LogP contribution is 2.32. The molecule has 20 heavy (non-hydrogen) atoms. The van der Waals surface area contributed by atoms with Crippen molar-refractivity contribution in [2.45, 2.75) is 53.4 Å². The summed E-state index contributed by atoms with van der Waals surface area (Å²) in [6.07, 6.45) is 21.0. The highest BCUT2D eigenvalue weighted by molar-refractivity contribution is 5.33. The molecule has 2 aliphatic carbocycles. The quantitative estimate of drug-likeness (QED) is 0.574. The van der Waals surface area contributed by atoms with Crippen molar-refractivity contribution in [3.8, 4) is 0 Å². The Hall–Kier alpha value is -1.30. The van der Waals surface area contributed by atoms with E-state index in [0.717, 1.165) is 0 Å². The van der Waals surface area contributed by atoms with Gasteiger partial charge in [0.2, 0.25) is 0 Å². The van der Waals surface area contributed by atoms with Gasteiger partial charge in [0, 0.05) is 5.41 Å². The molecule has 1 unspecified atom stereocenters. The summed E-state index contributed by atoms with van der Waals surface area (Å²) in [5, 5.41) is 0. The van der Waals surface area contributed by atoms with Crippen molar-refractivity contribution in [1.29, 1.82) is 0 Å². The first-order valence-corrected chi connectivity index (χ1v) is 7.94. The molecule has 0 aromatic carbocycles.